The Labute approximate surface area is 176 Å². The maximum atomic E-state index is 14.6. The minimum absolute atomic E-state index is 0.0351. The van der Waals surface area contributed by atoms with Gasteiger partial charge in [0.15, 0.2) is 23.0 Å². The summed E-state index contributed by atoms with van der Waals surface area (Å²) in [6, 6.07) is 7.97. The Kier molecular flexibility index (Phi) is 5.24. The second-order valence-electron chi connectivity index (χ2n) is 6.73. The first-order valence-corrected chi connectivity index (χ1v) is 9.49. The third-order valence-corrected chi connectivity index (χ3v) is 5.02. The lowest BCUT2D eigenvalue weighted by Crippen LogP contribution is -2.14. The zero-order valence-electron chi connectivity index (χ0n) is 16.8. The van der Waals surface area contributed by atoms with Gasteiger partial charge in [0.1, 0.15) is 0 Å². The highest BCUT2D eigenvalue weighted by molar-refractivity contribution is 5.96. The number of rotatable bonds is 6. The standard InChI is InChI=1S/C22H19F2N5O2/c1-3-12-13(20(25)30)5-4-6-15(12)28-21-22-27-11-16(29(22)10-9-26-21)14-7-8-17(31-2)19(24)18(14)23/h4-11H,3H2,1-2H3,(H2,25,30)(H,26,28). The Morgan fingerprint density at radius 3 is 2.71 bits per heavy atom. The van der Waals surface area contributed by atoms with E-state index in [0.29, 0.717) is 34.8 Å². The van der Waals surface area contributed by atoms with Crippen LogP contribution in [0.4, 0.5) is 20.3 Å². The third kappa shape index (κ3) is 3.43. The Hall–Kier alpha value is -4.01. The molecule has 0 aliphatic carbocycles. The van der Waals surface area contributed by atoms with Gasteiger partial charge in [0.25, 0.3) is 0 Å². The Morgan fingerprint density at radius 1 is 1.19 bits per heavy atom. The number of carbonyl (C=O) groups excluding carboxylic acids is 1. The second kappa shape index (κ2) is 8.02. The molecular formula is C22H19F2N5O2. The van der Waals surface area contributed by atoms with Gasteiger partial charge in [0.2, 0.25) is 11.7 Å². The summed E-state index contributed by atoms with van der Waals surface area (Å²) < 4.78 is 35.3. The van der Waals surface area contributed by atoms with E-state index >= 15 is 0 Å². The average Bonchev–Trinajstić information content (AvgIpc) is 3.20. The van der Waals surface area contributed by atoms with Gasteiger partial charge in [-0.25, -0.2) is 14.4 Å². The minimum Gasteiger partial charge on any atom is -0.494 e. The van der Waals surface area contributed by atoms with E-state index in [1.807, 2.05) is 6.92 Å². The number of carbonyl (C=O) groups is 1. The number of fused-ring (bicyclic) bond motifs is 1. The molecule has 2 heterocycles. The van der Waals surface area contributed by atoms with Gasteiger partial charge >= 0.3 is 0 Å². The predicted octanol–water partition coefficient (Wildman–Crippen LogP) is 4.09. The van der Waals surface area contributed by atoms with Gasteiger partial charge in [-0.2, -0.15) is 4.39 Å². The molecule has 0 unspecified atom stereocenters. The van der Waals surface area contributed by atoms with Gasteiger partial charge in [-0.15, -0.1) is 0 Å². The van der Waals surface area contributed by atoms with E-state index in [-0.39, 0.29) is 11.3 Å². The fourth-order valence-corrected chi connectivity index (χ4v) is 3.54. The summed E-state index contributed by atoms with van der Waals surface area (Å²) in [6.45, 7) is 1.91. The van der Waals surface area contributed by atoms with E-state index < -0.39 is 17.5 Å². The molecule has 0 saturated heterocycles. The van der Waals surface area contributed by atoms with E-state index in [9.17, 15) is 13.6 Å². The van der Waals surface area contributed by atoms with Crippen LogP contribution >= 0.6 is 0 Å². The van der Waals surface area contributed by atoms with Crippen molar-refractivity contribution in [3.8, 4) is 17.0 Å². The molecular weight excluding hydrogens is 404 g/mol. The van der Waals surface area contributed by atoms with Crippen LogP contribution in [0.2, 0.25) is 0 Å². The maximum absolute atomic E-state index is 14.6. The first kappa shape index (κ1) is 20.3. The van der Waals surface area contributed by atoms with Gasteiger partial charge in [0.05, 0.1) is 19.0 Å². The Morgan fingerprint density at radius 2 is 2.00 bits per heavy atom. The normalized spacial score (nSPS) is 11.0. The largest absolute Gasteiger partial charge is 0.494 e. The Balaban J connectivity index is 1.81. The molecule has 7 nitrogen and oxygen atoms in total. The van der Waals surface area contributed by atoms with E-state index in [4.69, 9.17) is 10.5 Å². The predicted molar refractivity (Wildman–Crippen MR) is 113 cm³/mol. The number of primary amides is 1. The maximum Gasteiger partial charge on any atom is 0.249 e. The lowest BCUT2D eigenvalue weighted by molar-refractivity contribution is 0.0999. The number of hydrogen-bond donors (Lipinski definition) is 2. The number of nitrogens with one attached hydrogen (secondary N) is 1. The van der Waals surface area contributed by atoms with Crippen LogP contribution in [-0.4, -0.2) is 27.4 Å². The summed E-state index contributed by atoms with van der Waals surface area (Å²) in [5.41, 5.74) is 8.09. The molecule has 1 amide bonds. The molecule has 158 valence electrons. The van der Waals surface area contributed by atoms with Crippen molar-refractivity contribution in [3.05, 3.63) is 71.7 Å². The van der Waals surface area contributed by atoms with Crippen LogP contribution in [0.5, 0.6) is 5.75 Å². The highest BCUT2D eigenvalue weighted by Crippen LogP contribution is 2.32. The summed E-state index contributed by atoms with van der Waals surface area (Å²) in [4.78, 5) is 20.4. The highest BCUT2D eigenvalue weighted by atomic mass is 19.2. The van der Waals surface area contributed by atoms with Crippen molar-refractivity contribution >= 4 is 23.1 Å². The second-order valence-corrected chi connectivity index (χ2v) is 6.73. The Bertz CT molecular complexity index is 1300. The van der Waals surface area contributed by atoms with Gasteiger partial charge < -0.3 is 15.8 Å². The van der Waals surface area contributed by atoms with Crippen LogP contribution in [0.15, 0.2) is 48.9 Å². The van der Waals surface area contributed by atoms with Crippen molar-refractivity contribution in [2.45, 2.75) is 13.3 Å². The lowest BCUT2D eigenvalue weighted by Gasteiger charge is -2.14. The van der Waals surface area contributed by atoms with Crippen LogP contribution in [-0.2, 0) is 6.42 Å². The number of benzene rings is 2. The molecule has 4 aromatic rings. The van der Waals surface area contributed by atoms with Crippen LogP contribution in [0.1, 0.15) is 22.8 Å². The summed E-state index contributed by atoms with van der Waals surface area (Å²) in [5, 5.41) is 3.18. The number of hydrogen-bond acceptors (Lipinski definition) is 5. The number of aromatic nitrogens is 3. The fourth-order valence-electron chi connectivity index (χ4n) is 3.54. The number of halogens is 2. The van der Waals surface area contributed by atoms with Gasteiger partial charge in [-0.1, -0.05) is 13.0 Å². The molecule has 4 rings (SSSR count). The fraction of sp³-hybridized carbons (Fsp3) is 0.136. The molecule has 0 saturated carbocycles. The number of nitrogens with zero attached hydrogens (tertiary/aromatic N) is 3. The third-order valence-electron chi connectivity index (χ3n) is 5.02. The van der Waals surface area contributed by atoms with Crippen molar-refractivity contribution in [1.82, 2.24) is 14.4 Å². The van der Waals surface area contributed by atoms with Crippen LogP contribution in [0, 0.1) is 11.6 Å². The average molecular weight is 423 g/mol. The molecule has 2 aromatic carbocycles. The molecule has 0 atom stereocenters. The first-order chi connectivity index (χ1) is 15.0. The van der Waals surface area contributed by atoms with E-state index in [0.717, 1.165) is 5.56 Å². The number of ether oxygens (including phenoxy) is 1. The van der Waals surface area contributed by atoms with E-state index in [1.165, 1.54) is 31.6 Å². The van der Waals surface area contributed by atoms with Gasteiger partial charge in [0, 0.05) is 29.2 Å². The van der Waals surface area contributed by atoms with Crippen molar-refractivity contribution in [2.24, 2.45) is 5.73 Å². The molecule has 0 spiro atoms. The summed E-state index contributed by atoms with van der Waals surface area (Å²) >= 11 is 0. The summed E-state index contributed by atoms with van der Waals surface area (Å²) in [6.07, 6.45) is 5.13. The molecule has 0 fully saturated rings. The zero-order chi connectivity index (χ0) is 22.1. The topological polar surface area (TPSA) is 94.5 Å². The molecule has 31 heavy (non-hydrogen) atoms. The zero-order valence-corrected chi connectivity index (χ0v) is 16.8. The first-order valence-electron chi connectivity index (χ1n) is 9.49. The number of imidazole rings is 1. The molecule has 9 heteroatoms. The summed E-state index contributed by atoms with van der Waals surface area (Å²) in [5.74, 6) is -2.42. The van der Waals surface area contributed by atoms with E-state index in [1.54, 1.807) is 28.8 Å². The van der Waals surface area contributed by atoms with Gasteiger partial charge in [-0.3, -0.25) is 9.20 Å². The van der Waals surface area contributed by atoms with Crippen molar-refractivity contribution in [1.29, 1.82) is 0 Å². The number of amides is 1. The minimum atomic E-state index is -1.07. The summed E-state index contributed by atoms with van der Waals surface area (Å²) in [7, 11) is 1.27. The van der Waals surface area contributed by atoms with Crippen molar-refractivity contribution in [2.75, 3.05) is 12.4 Å². The lowest BCUT2D eigenvalue weighted by atomic mass is 10.0. The molecule has 2 aromatic heterocycles. The van der Waals surface area contributed by atoms with Crippen LogP contribution < -0.4 is 15.8 Å². The van der Waals surface area contributed by atoms with Crippen molar-refractivity contribution < 1.29 is 18.3 Å². The van der Waals surface area contributed by atoms with Crippen LogP contribution in [0.3, 0.4) is 0 Å². The molecule has 0 radical (unpaired) electrons. The van der Waals surface area contributed by atoms with E-state index in [2.05, 4.69) is 15.3 Å². The molecule has 0 aliphatic rings. The number of nitrogens with two attached hydrogens (primary N) is 1. The molecule has 0 bridgehead atoms. The quantitative estimate of drug-likeness (QED) is 0.487. The smallest absolute Gasteiger partial charge is 0.249 e. The molecule has 0 aliphatic heterocycles. The number of methoxy groups -OCH3 is 1. The van der Waals surface area contributed by atoms with Crippen molar-refractivity contribution in [3.63, 3.8) is 0 Å². The van der Waals surface area contributed by atoms with Crippen LogP contribution in [0.25, 0.3) is 16.9 Å². The monoisotopic (exact) mass is 423 g/mol. The molecule has 3 N–H and O–H groups in total. The number of anilines is 2. The highest BCUT2D eigenvalue weighted by Gasteiger charge is 2.19. The van der Waals surface area contributed by atoms with Gasteiger partial charge in [-0.05, 0) is 36.2 Å². The SMILES string of the molecule is CCc1c(Nc2nccn3c(-c4ccc(OC)c(F)c4F)cnc23)cccc1C(N)=O.